The number of carbonyl (C=O) groups excluding carboxylic acids is 1. The van der Waals surface area contributed by atoms with Crippen LogP contribution in [-0.2, 0) is 6.54 Å². The fraction of sp³-hybridized carbons (Fsp3) is 0.240. The van der Waals surface area contributed by atoms with Crippen molar-refractivity contribution in [1.82, 2.24) is 15.1 Å². The Bertz CT molecular complexity index is 1160. The summed E-state index contributed by atoms with van der Waals surface area (Å²) in [4.78, 5) is 12.4. The zero-order valence-electron chi connectivity index (χ0n) is 17.7. The van der Waals surface area contributed by atoms with E-state index in [9.17, 15) is 4.79 Å². The standard InChI is InChI=1S/C25H25N5O/c1-17-24(18(2)30(29-17)16-19-7-4-3-5-8-19)21-11-12-23(14-21)28-25(31)27-22-10-6-9-20(13-22)15-26/h3-13,21,23H,14,16H2,1-2H3,(H2,27,28,31)/t21-,23+/m0/s1. The van der Waals surface area contributed by atoms with Crippen LogP contribution in [0.15, 0.2) is 66.7 Å². The summed E-state index contributed by atoms with van der Waals surface area (Å²) in [7, 11) is 0. The van der Waals surface area contributed by atoms with Crippen LogP contribution in [0.25, 0.3) is 0 Å². The highest BCUT2D eigenvalue weighted by atomic mass is 16.2. The molecule has 0 saturated carbocycles. The molecule has 1 heterocycles. The van der Waals surface area contributed by atoms with Crippen LogP contribution in [0.3, 0.4) is 0 Å². The molecule has 0 bridgehead atoms. The van der Waals surface area contributed by atoms with E-state index in [0.29, 0.717) is 11.3 Å². The van der Waals surface area contributed by atoms with Crippen LogP contribution in [0.2, 0.25) is 0 Å². The van der Waals surface area contributed by atoms with Gasteiger partial charge in [0.25, 0.3) is 0 Å². The fourth-order valence-corrected chi connectivity index (χ4v) is 4.18. The minimum Gasteiger partial charge on any atom is -0.332 e. The van der Waals surface area contributed by atoms with Gasteiger partial charge in [0.1, 0.15) is 0 Å². The predicted octanol–water partition coefficient (Wildman–Crippen LogP) is 4.65. The number of nitriles is 1. The molecule has 31 heavy (non-hydrogen) atoms. The van der Waals surface area contributed by atoms with Crippen LogP contribution in [0.5, 0.6) is 0 Å². The fourth-order valence-electron chi connectivity index (χ4n) is 4.18. The van der Waals surface area contributed by atoms with Gasteiger partial charge in [-0.05, 0) is 44.0 Å². The van der Waals surface area contributed by atoms with Crippen molar-refractivity contribution in [3.63, 3.8) is 0 Å². The molecule has 0 saturated heterocycles. The smallest absolute Gasteiger partial charge is 0.319 e. The van der Waals surface area contributed by atoms with Gasteiger partial charge in [0, 0.05) is 28.9 Å². The Hall–Kier alpha value is -3.85. The summed E-state index contributed by atoms with van der Waals surface area (Å²) in [6, 6.07) is 18.9. The molecule has 2 amide bonds. The molecular formula is C25H25N5O. The molecule has 2 aromatic carbocycles. The molecule has 3 aromatic rings. The third kappa shape index (κ3) is 4.67. The van der Waals surface area contributed by atoms with E-state index in [1.165, 1.54) is 11.1 Å². The summed E-state index contributed by atoms with van der Waals surface area (Å²) < 4.78 is 2.06. The largest absolute Gasteiger partial charge is 0.332 e. The third-order valence-electron chi connectivity index (χ3n) is 5.63. The first kappa shape index (κ1) is 20.4. The van der Waals surface area contributed by atoms with Gasteiger partial charge >= 0.3 is 6.03 Å². The monoisotopic (exact) mass is 411 g/mol. The van der Waals surface area contributed by atoms with Crippen molar-refractivity contribution in [2.75, 3.05) is 5.32 Å². The number of amides is 2. The maximum absolute atomic E-state index is 12.4. The van der Waals surface area contributed by atoms with Crippen LogP contribution < -0.4 is 10.6 Å². The maximum atomic E-state index is 12.4. The lowest BCUT2D eigenvalue weighted by molar-refractivity contribution is 0.250. The van der Waals surface area contributed by atoms with Crippen LogP contribution in [0, 0.1) is 25.2 Å². The zero-order chi connectivity index (χ0) is 21.8. The summed E-state index contributed by atoms with van der Waals surface area (Å²) in [5.74, 6) is 0.219. The van der Waals surface area contributed by atoms with Crippen molar-refractivity contribution in [2.45, 2.75) is 38.8 Å². The second-order valence-corrected chi connectivity index (χ2v) is 7.85. The predicted molar refractivity (Wildman–Crippen MR) is 121 cm³/mol. The van der Waals surface area contributed by atoms with Gasteiger partial charge in [0.15, 0.2) is 0 Å². The molecule has 0 fully saturated rings. The van der Waals surface area contributed by atoms with E-state index in [4.69, 9.17) is 10.4 Å². The maximum Gasteiger partial charge on any atom is 0.319 e. The molecule has 2 atom stereocenters. The molecule has 156 valence electrons. The SMILES string of the molecule is Cc1nn(Cc2ccccc2)c(C)c1[C@H]1C=C[C@@H](NC(=O)Nc2cccc(C#N)c2)C1. The molecule has 6 heteroatoms. The molecule has 0 unspecified atom stereocenters. The Morgan fingerprint density at radius 2 is 1.97 bits per heavy atom. The van der Waals surface area contributed by atoms with E-state index in [0.717, 1.165) is 24.4 Å². The number of benzene rings is 2. The highest BCUT2D eigenvalue weighted by molar-refractivity contribution is 5.89. The highest BCUT2D eigenvalue weighted by Gasteiger charge is 2.26. The summed E-state index contributed by atoms with van der Waals surface area (Å²) in [5, 5.41) is 19.6. The number of aromatic nitrogens is 2. The number of rotatable bonds is 5. The van der Waals surface area contributed by atoms with E-state index in [1.807, 2.05) is 31.2 Å². The number of urea groups is 1. The third-order valence-corrected chi connectivity index (χ3v) is 5.63. The second kappa shape index (κ2) is 8.88. The molecule has 1 aliphatic carbocycles. The minimum atomic E-state index is -0.279. The summed E-state index contributed by atoms with van der Waals surface area (Å²) in [5.41, 5.74) is 5.76. The van der Waals surface area contributed by atoms with Crippen molar-refractivity contribution >= 4 is 11.7 Å². The van der Waals surface area contributed by atoms with Crippen LogP contribution in [0.4, 0.5) is 10.5 Å². The van der Waals surface area contributed by atoms with Crippen LogP contribution in [-0.4, -0.2) is 21.9 Å². The average Bonchev–Trinajstić information content (AvgIpc) is 3.32. The topological polar surface area (TPSA) is 82.7 Å². The molecule has 0 spiro atoms. The lowest BCUT2D eigenvalue weighted by Gasteiger charge is -2.15. The Morgan fingerprint density at radius 1 is 1.16 bits per heavy atom. The van der Waals surface area contributed by atoms with Crippen molar-refractivity contribution in [3.05, 3.63) is 94.8 Å². The van der Waals surface area contributed by atoms with Crippen LogP contribution in [0.1, 0.15) is 40.4 Å². The lowest BCUT2D eigenvalue weighted by atomic mass is 9.96. The van der Waals surface area contributed by atoms with Gasteiger partial charge in [-0.1, -0.05) is 48.6 Å². The number of hydrogen-bond acceptors (Lipinski definition) is 3. The van der Waals surface area contributed by atoms with Gasteiger partial charge in [0.2, 0.25) is 0 Å². The highest BCUT2D eigenvalue weighted by Crippen LogP contribution is 2.33. The first-order chi connectivity index (χ1) is 15.0. The molecule has 2 N–H and O–H groups in total. The molecular weight excluding hydrogens is 386 g/mol. The molecule has 0 aliphatic heterocycles. The molecule has 0 radical (unpaired) electrons. The summed E-state index contributed by atoms with van der Waals surface area (Å²) >= 11 is 0. The Kier molecular flexibility index (Phi) is 5.85. The quantitative estimate of drug-likeness (QED) is 0.599. The number of carbonyl (C=O) groups is 1. The first-order valence-electron chi connectivity index (χ1n) is 10.4. The number of hydrogen-bond donors (Lipinski definition) is 2. The van der Waals surface area contributed by atoms with Crippen molar-refractivity contribution in [1.29, 1.82) is 5.26 Å². The molecule has 4 rings (SSSR count). The Labute approximate surface area is 182 Å². The van der Waals surface area contributed by atoms with E-state index in [-0.39, 0.29) is 18.0 Å². The number of allylic oxidation sites excluding steroid dienone is 1. The number of anilines is 1. The second-order valence-electron chi connectivity index (χ2n) is 7.85. The summed E-state index contributed by atoms with van der Waals surface area (Å²) in [6.07, 6.45) is 5.00. The van der Waals surface area contributed by atoms with E-state index in [1.54, 1.807) is 24.3 Å². The normalized spacial score (nSPS) is 17.3. The van der Waals surface area contributed by atoms with Gasteiger partial charge in [-0.15, -0.1) is 0 Å². The van der Waals surface area contributed by atoms with Crippen molar-refractivity contribution in [3.8, 4) is 6.07 Å². The number of nitrogens with one attached hydrogen (secondary N) is 2. The Balaban J connectivity index is 1.39. The van der Waals surface area contributed by atoms with Gasteiger partial charge < -0.3 is 10.6 Å². The van der Waals surface area contributed by atoms with Crippen molar-refractivity contribution < 1.29 is 4.79 Å². The zero-order valence-corrected chi connectivity index (χ0v) is 17.7. The van der Waals surface area contributed by atoms with Gasteiger partial charge in [-0.3, -0.25) is 4.68 Å². The number of nitrogens with zero attached hydrogens (tertiary/aromatic N) is 3. The van der Waals surface area contributed by atoms with E-state index >= 15 is 0 Å². The number of aryl methyl sites for hydroxylation is 1. The first-order valence-corrected chi connectivity index (χ1v) is 10.4. The Morgan fingerprint density at radius 3 is 2.74 bits per heavy atom. The lowest BCUT2D eigenvalue weighted by Crippen LogP contribution is -2.36. The average molecular weight is 412 g/mol. The van der Waals surface area contributed by atoms with Gasteiger partial charge in [-0.2, -0.15) is 10.4 Å². The summed E-state index contributed by atoms with van der Waals surface area (Å²) in [6.45, 7) is 4.91. The van der Waals surface area contributed by atoms with Crippen molar-refractivity contribution in [2.24, 2.45) is 0 Å². The molecule has 1 aliphatic rings. The molecule has 1 aromatic heterocycles. The van der Waals surface area contributed by atoms with Crippen LogP contribution >= 0.6 is 0 Å². The van der Waals surface area contributed by atoms with E-state index in [2.05, 4.69) is 46.5 Å². The van der Waals surface area contributed by atoms with Gasteiger partial charge in [-0.25, -0.2) is 4.79 Å². The molecule has 6 nitrogen and oxygen atoms in total. The van der Waals surface area contributed by atoms with E-state index < -0.39 is 0 Å². The van der Waals surface area contributed by atoms with Gasteiger partial charge in [0.05, 0.1) is 23.9 Å². The minimum absolute atomic E-state index is 0.0552.